The van der Waals surface area contributed by atoms with Crippen molar-refractivity contribution in [1.82, 2.24) is 9.78 Å². The van der Waals surface area contributed by atoms with Crippen molar-refractivity contribution in [3.8, 4) is 0 Å². The van der Waals surface area contributed by atoms with E-state index in [0.29, 0.717) is 9.99 Å². The van der Waals surface area contributed by atoms with Gasteiger partial charge in [-0.1, -0.05) is 114 Å². The van der Waals surface area contributed by atoms with E-state index in [9.17, 15) is 9.90 Å². The normalized spacial score (nSPS) is 11.3. The summed E-state index contributed by atoms with van der Waals surface area (Å²) in [6.07, 6.45) is 1.67. The molecule has 0 saturated heterocycles. The van der Waals surface area contributed by atoms with Gasteiger partial charge in [0.2, 0.25) is 0 Å². The minimum atomic E-state index is -0.985. The number of carboxylic acid groups (broad SMARTS) is 1. The number of aromatic carboxylic acids is 1. The molecule has 4 aromatic rings. The Kier molecular flexibility index (Phi) is 5.49. The lowest BCUT2D eigenvalue weighted by atomic mass is 9.77. The first-order valence-electron chi connectivity index (χ1n) is 9.22. The van der Waals surface area contributed by atoms with Gasteiger partial charge in [-0.15, -0.1) is 0 Å². The molecule has 4 rings (SSSR count). The summed E-state index contributed by atoms with van der Waals surface area (Å²) in [5.41, 5.74) is 2.83. The van der Waals surface area contributed by atoms with Crippen molar-refractivity contribution in [2.75, 3.05) is 0 Å². The van der Waals surface area contributed by atoms with Crippen LogP contribution in [0.5, 0.6) is 0 Å². The van der Waals surface area contributed by atoms with Crippen LogP contribution in [-0.4, -0.2) is 20.9 Å². The van der Waals surface area contributed by atoms with Gasteiger partial charge in [-0.2, -0.15) is 5.10 Å². The molecule has 1 heterocycles. The Morgan fingerprint density at radius 2 is 1.24 bits per heavy atom. The average Bonchev–Trinajstić information content (AvgIpc) is 3.21. The maximum Gasteiger partial charge on any atom is 0.354 e. The minimum absolute atomic E-state index is 0.205. The van der Waals surface area contributed by atoms with Crippen LogP contribution in [-0.2, 0) is 9.97 Å². The highest BCUT2D eigenvalue weighted by Crippen LogP contribution is 2.41. The van der Waals surface area contributed by atoms with Crippen LogP contribution in [0.4, 0.5) is 0 Å². The van der Waals surface area contributed by atoms with E-state index in [1.165, 1.54) is 0 Å². The SMILES string of the molecule is O=C(O)c1c(CI)cnn1C(c1ccccc1)(c1ccccc1)c1ccccc1. The van der Waals surface area contributed by atoms with Crippen molar-refractivity contribution >= 4 is 28.6 Å². The molecule has 29 heavy (non-hydrogen) atoms. The molecule has 0 bridgehead atoms. The molecular formula is C24H19IN2O2. The second-order valence-electron chi connectivity index (χ2n) is 6.68. The van der Waals surface area contributed by atoms with Gasteiger partial charge in [-0.3, -0.25) is 0 Å². The maximum absolute atomic E-state index is 12.3. The van der Waals surface area contributed by atoms with Gasteiger partial charge in [0.15, 0.2) is 5.69 Å². The number of rotatable bonds is 6. The van der Waals surface area contributed by atoms with Gasteiger partial charge in [0, 0.05) is 9.99 Å². The molecular weight excluding hydrogens is 475 g/mol. The van der Waals surface area contributed by atoms with Crippen LogP contribution in [0.25, 0.3) is 0 Å². The van der Waals surface area contributed by atoms with Gasteiger partial charge in [-0.05, 0) is 16.7 Å². The van der Waals surface area contributed by atoms with Gasteiger partial charge in [0.05, 0.1) is 6.20 Å². The van der Waals surface area contributed by atoms with E-state index in [2.05, 4.69) is 27.7 Å². The van der Waals surface area contributed by atoms with E-state index in [-0.39, 0.29) is 5.69 Å². The summed E-state index contributed by atoms with van der Waals surface area (Å²) in [6.45, 7) is 0. The summed E-state index contributed by atoms with van der Waals surface area (Å²) < 4.78 is 2.23. The van der Waals surface area contributed by atoms with E-state index in [1.54, 1.807) is 10.9 Å². The molecule has 4 nitrogen and oxygen atoms in total. The number of halogens is 1. The zero-order valence-corrected chi connectivity index (χ0v) is 17.7. The second kappa shape index (κ2) is 8.21. The van der Waals surface area contributed by atoms with Crippen LogP contribution >= 0.6 is 22.6 Å². The first kappa shape index (κ1) is 19.4. The fraction of sp³-hybridized carbons (Fsp3) is 0.0833. The number of alkyl halides is 1. The number of nitrogens with zero attached hydrogens (tertiary/aromatic N) is 2. The lowest BCUT2D eigenvalue weighted by Crippen LogP contribution is -2.40. The Hall–Kier alpha value is -2.93. The van der Waals surface area contributed by atoms with Crippen LogP contribution in [0, 0.1) is 0 Å². The number of aromatic nitrogens is 2. The summed E-state index contributed by atoms with van der Waals surface area (Å²) in [7, 11) is 0. The molecule has 1 N–H and O–H groups in total. The van der Waals surface area contributed by atoms with Crippen molar-refractivity contribution in [2.24, 2.45) is 0 Å². The topological polar surface area (TPSA) is 55.1 Å². The molecule has 0 fully saturated rings. The third-order valence-corrected chi connectivity index (χ3v) is 5.91. The van der Waals surface area contributed by atoms with E-state index in [4.69, 9.17) is 0 Å². The average molecular weight is 494 g/mol. The van der Waals surface area contributed by atoms with Gasteiger partial charge in [0.1, 0.15) is 5.54 Å². The standard InChI is InChI=1S/C24H19IN2O2/c25-16-18-17-26-27(22(18)23(28)29)24(19-10-4-1-5-11-19,20-12-6-2-7-13-20)21-14-8-3-9-15-21/h1-15,17H,16H2,(H,28,29). The number of carbonyl (C=O) groups is 1. The fourth-order valence-corrected chi connectivity index (χ4v) is 4.43. The van der Waals surface area contributed by atoms with Gasteiger partial charge in [-0.25, -0.2) is 9.48 Å². The third-order valence-electron chi connectivity index (χ3n) is 5.08. The van der Waals surface area contributed by atoms with E-state index < -0.39 is 11.5 Å². The third kappa shape index (κ3) is 3.25. The Labute approximate surface area is 183 Å². The monoisotopic (exact) mass is 494 g/mol. The molecule has 0 unspecified atom stereocenters. The van der Waals surface area contributed by atoms with Crippen molar-refractivity contribution in [3.05, 3.63) is 125 Å². The molecule has 0 amide bonds. The number of benzene rings is 3. The number of hydrogen-bond donors (Lipinski definition) is 1. The molecule has 0 aliphatic heterocycles. The molecule has 0 radical (unpaired) electrons. The Bertz CT molecular complexity index is 1010. The predicted molar refractivity (Wildman–Crippen MR) is 122 cm³/mol. The van der Waals surface area contributed by atoms with Crippen LogP contribution < -0.4 is 0 Å². The molecule has 0 aliphatic carbocycles. The lowest BCUT2D eigenvalue weighted by molar-refractivity contribution is 0.0678. The molecule has 0 spiro atoms. The van der Waals surface area contributed by atoms with Gasteiger partial charge >= 0.3 is 5.97 Å². The highest BCUT2D eigenvalue weighted by molar-refractivity contribution is 14.1. The van der Waals surface area contributed by atoms with Crippen LogP contribution in [0.15, 0.2) is 97.2 Å². The highest BCUT2D eigenvalue weighted by Gasteiger charge is 2.42. The Morgan fingerprint density at radius 1 is 0.828 bits per heavy atom. The first-order valence-corrected chi connectivity index (χ1v) is 10.8. The van der Waals surface area contributed by atoms with E-state index in [1.807, 2.05) is 91.0 Å². The molecule has 0 atom stereocenters. The fourth-order valence-electron chi connectivity index (χ4n) is 3.87. The van der Waals surface area contributed by atoms with E-state index >= 15 is 0 Å². The van der Waals surface area contributed by atoms with Crippen molar-refractivity contribution in [2.45, 2.75) is 9.97 Å². The molecule has 1 aromatic heterocycles. The molecule has 5 heteroatoms. The lowest BCUT2D eigenvalue weighted by Gasteiger charge is -2.37. The smallest absolute Gasteiger partial charge is 0.354 e. The van der Waals surface area contributed by atoms with Crippen LogP contribution in [0.3, 0.4) is 0 Å². The largest absolute Gasteiger partial charge is 0.477 e. The molecule has 144 valence electrons. The number of hydrogen-bond acceptors (Lipinski definition) is 2. The van der Waals surface area contributed by atoms with Crippen molar-refractivity contribution in [3.63, 3.8) is 0 Å². The van der Waals surface area contributed by atoms with Gasteiger partial charge in [0.25, 0.3) is 0 Å². The Balaban J connectivity index is 2.19. The van der Waals surface area contributed by atoms with Gasteiger partial charge < -0.3 is 5.11 Å². The van der Waals surface area contributed by atoms with Crippen LogP contribution in [0.1, 0.15) is 32.7 Å². The summed E-state index contributed by atoms with van der Waals surface area (Å²) in [5, 5.41) is 14.7. The highest BCUT2D eigenvalue weighted by atomic mass is 127. The predicted octanol–water partition coefficient (Wildman–Crippen LogP) is 5.36. The van der Waals surface area contributed by atoms with Crippen molar-refractivity contribution < 1.29 is 9.90 Å². The minimum Gasteiger partial charge on any atom is -0.477 e. The number of carboxylic acids is 1. The Morgan fingerprint density at radius 3 is 1.59 bits per heavy atom. The van der Waals surface area contributed by atoms with Crippen molar-refractivity contribution in [1.29, 1.82) is 0 Å². The maximum atomic E-state index is 12.3. The zero-order valence-electron chi connectivity index (χ0n) is 15.6. The summed E-state index contributed by atoms with van der Waals surface area (Å²) in [5.74, 6) is -0.985. The zero-order chi connectivity index (χ0) is 20.3. The summed E-state index contributed by atoms with van der Waals surface area (Å²) in [4.78, 5) is 12.3. The summed E-state index contributed by atoms with van der Waals surface area (Å²) in [6, 6.07) is 29.9. The molecule has 3 aromatic carbocycles. The quantitative estimate of drug-likeness (QED) is 0.223. The second-order valence-corrected chi connectivity index (χ2v) is 7.44. The first-order chi connectivity index (χ1) is 14.2. The molecule has 0 saturated carbocycles. The molecule has 0 aliphatic rings. The van der Waals surface area contributed by atoms with E-state index in [0.717, 1.165) is 16.7 Å². The van der Waals surface area contributed by atoms with Crippen LogP contribution in [0.2, 0.25) is 0 Å². The summed E-state index contributed by atoms with van der Waals surface area (Å²) >= 11 is 2.18.